The molecular formula is C28H34N2O6S. The van der Waals surface area contributed by atoms with Gasteiger partial charge >= 0.3 is 5.97 Å². The van der Waals surface area contributed by atoms with Crippen LogP contribution in [0, 0.1) is 5.92 Å². The van der Waals surface area contributed by atoms with E-state index in [2.05, 4.69) is 9.97 Å². The Labute approximate surface area is 218 Å². The molecule has 1 saturated heterocycles. The topological polar surface area (TPSA) is 113 Å². The fourth-order valence-electron chi connectivity index (χ4n) is 5.11. The number of nitrogens with zero attached hydrogens (tertiary/aromatic N) is 2. The summed E-state index contributed by atoms with van der Waals surface area (Å²) in [4.78, 5) is 33.8. The number of aromatic nitrogens is 2. The lowest BCUT2D eigenvalue weighted by Gasteiger charge is -2.27. The maximum absolute atomic E-state index is 13.7. The van der Waals surface area contributed by atoms with Gasteiger partial charge in [-0.05, 0) is 74.0 Å². The second kappa shape index (κ2) is 11.0. The zero-order valence-corrected chi connectivity index (χ0v) is 22.0. The Kier molecular flexibility index (Phi) is 7.72. The zero-order valence-electron chi connectivity index (χ0n) is 21.2. The highest BCUT2D eigenvalue weighted by atomic mass is 32.2. The van der Waals surface area contributed by atoms with Crippen LogP contribution in [0.25, 0.3) is 0 Å². The molecule has 5 rings (SSSR count). The van der Waals surface area contributed by atoms with E-state index in [9.17, 15) is 18.0 Å². The molecule has 0 spiro atoms. The highest BCUT2D eigenvalue weighted by Gasteiger charge is 2.40. The summed E-state index contributed by atoms with van der Waals surface area (Å²) in [6, 6.07) is 5.62. The highest BCUT2D eigenvalue weighted by molar-refractivity contribution is 7.92. The molecule has 9 heteroatoms. The smallest absolute Gasteiger partial charge is 0.303 e. The molecule has 0 unspecified atom stereocenters. The molecule has 2 aliphatic carbocycles. The first-order valence-corrected chi connectivity index (χ1v) is 14.8. The quantitative estimate of drug-likeness (QED) is 0.403. The van der Waals surface area contributed by atoms with Gasteiger partial charge in [-0.2, -0.15) is 0 Å². The molecule has 37 heavy (non-hydrogen) atoms. The van der Waals surface area contributed by atoms with Crippen molar-refractivity contribution < 1.29 is 27.5 Å². The lowest BCUT2D eigenvalue weighted by atomic mass is 9.81. The van der Waals surface area contributed by atoms with Gasteiger partial charge in [-0.1, -0.05) is 12.1 Å². The van der Waals surface area contributed by atoms with E-state index in [-0.39, 0.29) is 35.9 Å². The van der Waals surface area contributed by atoms with Crippen LogP contribution in [0.2, 0.25) is 0 Å². The zero-order chi connectivity index (χ0) is 26.0. The number of sulfone groups is 1. The summed E-state index contributed by atoms with van der Waals surface area (Å²) < 4.78 is 36.7. The summed E-state index contributed by atoms with van der Waals surface area (Å²) in [7, 11) is -3.31. The number of hydrogen-bond donors (Lipinski definition) is 0. The van der Waals surface area contributed by atoms with Crippen LogP contribution in [0.3, 0.4) is 0 Å². The molecule has 0 radical (unpaired) electrons. The van der Waals surface area contributed by atoms with Crippen LogP contribution in [-0.4, -0.2) is 48.6 Å². The van der Waals surface area contributed by atoms with Gasteiger partial charge < -0.3 is 9.47 Å². The van der Waals surface area contributed by atoms with Crippen molar-refractivity contribution in [3.8, 4) is 0 Å². The number of Topliss-reactive ketones (excluding diaryl/α,β-unsaturated/α-hetero) is 1. The Bertz CT molecular complexity index is 1250. The normalized spacial score (nSPS) is 19.4. The lowest BCUT2D eigenvalue weighted by molar-refractivity contribution is -0.142. The van der Waals surface area contributed by atoms with Crippen LogP contribution < -0.4 is 0 Å². The fraction of sp³-hybridized carbons (Fsp3) is 0.571. The van der Waals surface area contributed by atoms with E-state index in [4.69, 9.17) is 9.47 Å². The van der Waals surface area contributed by atoms with Crippen molar-refractivity contribution in [2.24, 2.45) is 5.92 Å². The average molecular weight is 527 g/mol. The van der Waals surface area contributed by atoms with Gasteiger partial charge in [-0.3, -0.25) is 19.6 Å². The van der Waals surface area contributed by atoms with Gasteiger partial charge in [-0.25, -0.2) is 8.42 Å². The van der Waals surface area contributed by atoms with E-state index in [1.54, 1.807) is 12.3 Å². The highest BCUT2D eigenvalue weighted by Crippen LogP contribution is 2.46. The molecule has 1 aromatic heterocycles. The molecule has 3 aliphatic rings. The number of rotatable bonds is 11. The van der Waals surface area contributed by atoms with Crippen LogP contribution in [0.15, 0.2) is 35.5 Å². The SMILES string of the molecule is CC(=O)OCc1cnc(CC(=O)[C@H](CC2CCOCC2)c2ccc(S(=O)(=O)C3CC3)c(C3CC3)c2)cn1. The van der Waals surface area contributed by atoms with E-state index in [0.717, 1.165) is 49.7 Å². The van der Waals surface area contributed by atoms with Crippen LogP contribution in [-0.2, 0) is 41.9 Å². The Hall–Kier alpha value is -2.65. The predicted molar refractivity (Wildman–Crippen MR) is 136 cm³/mol. The van der Waals surface area contributed by atoms with Crippen molar-refractivity contribution in [2.45, 2.75) is 86.9 Å². The minimum atomic E-state index is -3.31. The van der Waals surface area contributed by atoms with Gasteiger partial charge in [-0.15, -0.1) is 0 Å². The third-order valence-electron chi connectivity index (χ3n) is 7.56. The molecule has 1 aromatic carbocycles. The maximum Gasteiger partial charge on any atom is 0.303 e. The largest absolute Gasteiger partial charge is 0.459 e. The van der Waals surface area contributed by atoms with Gasteiger partial charge in [0.25, 0.3) is 0 Å². The number of benzene rings is 1. The first-order valence-electron chi connectivity index (χ1n) is 13.2. The predicted octanol–water partition coefficient (Wildman–Crippen LogP) is 4.07. The first-order chi connectivity index (χ1) is 17.8. The van der Waals surface area contributed by atoms with Gasteiger partial charge in [0.1, 0.15) is 12.4 Å². The molecule has 1 atom stereocenters. The van der Waals surface area contributed by atoms with E-state index in [1.165, 1.54) is 13.1 Å². The molecule has 2 saturated carbocycles. The second-order valence-corrected chi connectivity index (χ2v) is 12.8. The summed E-state index contributed by atoms with van der Waals surface area (Å²) in [5.74, 6) is -0.0514. The third-order valence-corrected chi connectivity index (χ3v) is 9.89. The summed E-state index contributed by atoms with van der Waals surface area (Å²) in [6.45, 7) is 2.78. The summed E-state index contributed by atoms with van der Waals surface area (Å²) in [5, 5.41) is -0.252. The Morgan fingerprint density at radius 2 is 1.73 bits per heavy atom. The number of ether oxygens (including phenoxy) is 2. The van der Waals surface area contributed by atoms with Crippen molar-refractivity contribution >= 4 is 21.6 Å². The van der Waals surface area contributed by atoms with Crippen molar-refractivity contribution in [2.75, 3.05) is 13.2 Å². The number of carbonyl (C=O) groups excluding carboxylic acids is 2. The van der Waals surface area contributed by atoms with Crippen LogP contribution in [0.1, 0.15) is 86.2 Å². The molecule has 8 nitrogen and oxygen atoms in total. The first kappa shape index (κ1) is 26.0. The lowest BCUT2D eigenvalue weighted by Crippen LogP contribution is -2.23. The summed E-state index contributed by atoms with van der Waals surface area (Å²) in [6.07, 6.45) is 9.21. The van der Waals surface area contributed by atoms with Gasteiger partial charge in [0.15, 0.2) is 9.84 Å². The van der Waals surface area contributed by atoms with Crippen molar-refractivity contribution in [1.82, 2.24) is 9.97 Å². The van der Waals surface area contributed by atoms with Crippen molar-refractivity contribution in [3.63, 3.8) is 0 Å². The monoisotopic (exact) mass is 526 g/mol. The molecule has 2 aromatic rings. The van der Waals surface area contributed by atoms with Gasteiger partial charge in [0, 0.05) is 32.3 Å². The number of carbonyl (C=O) groups is 2. The number of ketones is 1. The Morgan fingerprint density at radius 1 is 1.03 bits per heavy atom. The summed E-state index contributed by atoms with van der Waals surface area (Å²) in [5.41, 5.74) is 2.87. The van der Waals surface area contributed by atoms with E-state index in [0.29, 0.717) is 41.8 Å². The van der Waals surface area contributed by atoms with E-state index < -0.39 is 15.8 Å². The average Bonchev–Trinajstić information content (AvgIpc) is 3.79. The molecule has 0 amide bonds. The molecule has 0 bridgehead atoms. The molecule has 198 valence electrons. The minimum absolute atomic E-state index is 0.0446. The van der Waals surface area contributed by atoms with Gasteiger partial charge in [0.2, 0.25) is 0 Å². The van der Waals surface area contributed by atoms with Crippen molar-refractivity contribution in [1.29, 1.82) is 0 Å². The minimum Gasteiger partial charge on any atom is -0.459 e. The van der Waals surface area contributed by atoms with E-state index in [1.807, 2.05) is 12.1 Å². The van der Waals surface area contributed by atoms with Crippen molar-refractivity contribution in [3.05, 3.63) is 53.1 Å². The fourth-order valence-corrected chi connectivity index (χ4v) is 7.04. The molecule has 3 fully saturated rings. The second-order valence-electron chi connectivity index (χ2n) is 10.6. The molecule has 2 heterocycles. The number of esters is 1. The standard InChI is InChI=1S/C28H34N2O6S/c1-18(31)36-17-23-16-29-22(15-30-23)14-27(32)25(12-19-8-10-35-11-9-19)21-4-7-28(26(13-21)20-2-3-20)37(33,34)24-5-6-24/h4,7,13,15-16,19-20,24-25H,2-3,5-6,8-12,14,17H2,1H3/t25-/m1/s1. The van der Waals surface area contributed by atoms with Crippen LogP contribution in [0.4, 0.5) is 0 Å². The maximum atomic E-state index is 13.7. The Morgan fingerprint density at radius 3 is 2.35 bits per heavy atom. The molecule has 0 N–H and O–H groups in total. The number of hydrogen-bond acceptors (Lipinski definition) is 8. The molecule has 1 aliphatic heterocycles. The van der Waals surface area contributed by atoms with Crippen LogP contribution in [0.5, 0.6) is 0 Å². The third kappa shape index (κ3) is 6.44. The summed E-state index contributed by atoms with van der Waals surface area (Å²) >= 11 is 0. The van der Waals surface area contributed by atoms with Gasteiger partial charge in [0.05, 0.1) is 34.2 Å². The molecular weight excluding hydrogens is 492 g/mol. The van der Waals surface area contributed by atoms with E-state index >= 15 is 0 Å². The Balaban J connectivity index is 1.39. The van der Waals surface area contributed by atoms with Crippen LogP contribution >= 0.6 is 0 Å².